The van der Waals surface area contributed by atoms with Crippen LogP contribution in [0.1, 0.15) is 17.3 Å². The van der Waals surface area contributed by atoms with Crippen molar-refractivity contribution in [2.45, 2.75) is 12.5 Å². The summed E-state index contributed by atoms with van der Waals surface area (Å²) in [6.07, 6.45) is 0.231. The number of carbonyl (C=O) groups is 2. The summed E-state index contributed by atoms with van der Waals surface area (Å²) in [5.41, 5.74) is 6.44. The van der Waals surface area contributed by atoms with E-state index in [1.165, 1.54) is 17.0 Å². The van der Waals surface area contributed by atoms with Gasteiger partial charge in [-0.1, -0.05) is 24.3 Å². The van der Waals surface area contributed by atoms with Crippen molar-refractivity contribution in [2.24, 2.45) is 5.73 Å². The van der Waals surface area contributed by atoms with Gasteiger partial charge < -0.3 is 20.9 Å². The van der Waals surface area contributed by atoms with Crippen LogP contribution in [-0.2, 0) is 4.79 Å². The van der Waals surface area contributed by atoms with Crippen LogP contribution in [-0.4, -0.2) is 43.0 Å². The molecule has 0 spiro atoms. The third-order valence-electron chi connectivity index (χ3n) is 4.34. The fourth-order valence-electron chi connectivity index (χ4n) is 3.04. The molecule has 132 valence electrons. The Balaban J connectivity index is 1.57. The Hall–Kier alpha value is -2.54. The summed E-state index contributed by atoms with van der Waals surface area (Å²) in [7, 11) is 0. The number of nitrogens with one attached hydrogen (secondary N) is 1. The van der Waals surface area contributed by atoms with Crippen molar-refractivity contribution in [3.63, 3.8) is 0 Å². The highest BCUT2D eigenvalue weighted by Gasteiger charge is 2.25. The number of hydrogen-bond acceptors (Lipinski definition) is 4. The van der Waals surface area contributed by atoms with Crippen LogP contribution < -0.4 is 16.0 Å². The van der Waals surface area contributed by atoms with Crippen molar-refractivity contribution < 1.29 is 9.59 Å². The smallest absolute Gasteiger partial charge is 0.312 e. The molecule has 1 fully saturated rings. The normalized spacial score (nSPS) is 15.7. The Bertz CT molecular complexity index is 697. The number of nitrogens with zero attached hydrogens (tertiary/aromatic N) is 2. The Kier molecular flexibility index (Phi) is 5.55. The van der Waals surface area contributed by atoms with Crippen molar-refractivity contribution >= 4 is 29.0 Å². The van der Waals surface area contributed by atoms with Crippen LogP contribution in [0, 0.1) is 0 Å². The van der Waals surface area contributed by atoms with Gasteiger partial charge in [-0.2, -0.15) is 0 Å². The highest BCUT2D eigenvalue weighted by atomic mass is 32.1. The number of nitrogens with two attached hydrogens (primary N) is 1. The topological polar surface area (TPSA) is 78.7 Å². The third-order valence-corrected chi connectivity index (χ3v) is 5.32. The number of piperazine rings is 1. The minimum absolute atomic E-state index is 0.0415. The molecule has 0 unspecified atom stereocenters. The molecule has 1 atom stereocenters. The van der Waals surface area contributed by atoms with Crippen molar-refractivity contribution in [1.82, 2.24) is 10.2 Å². The van der Waals surface area contributed by atoms with Crippen LogP contribution in [0.25, 0.3) is 0 Å². The third kappa shape index (κ3) is 4.51. The zero-order chi connectivity index (χ0) is 17.6. The number of benzene rings is 1. The molecule has 2 aromatic rings. The van der Waals surface area contributed by atoms with E-state index in [-0.39, 0.29) is 18.4 Å². The zero-order valence-electron chi connectivity index (χ0n) is 13.9. The minimum atomic E-state index is -0.611. The van der Waals surface area contributed by atoms with Gasteiger partial charge in [-0.15, -0.1) is 11.3 Å². The van der Waals surface area contributed by atoms with E-state index in [9.17, 15) is 9.59 Å². The Morgan fingerprint density at radius 1 is 1.08 bits per heavy atom. The van der Waals surface area contributed by atoms with E-state index < -0.39 is 6.03 Å². The first kappa shape index (κ1) is 17.3. The Morgan fingerprint density at radius 2 is 1.80 bits per heavy atom. The van der Waals surface area contributed by atoms with Crippen molar-refractivity contribution in [2.75, 3.05) is 31.1 Å². The molecular formula is C18H22N4O2S. The predicted octanol–water partition coefficient (Wildman–Crippen LogP) is 2.20. The van der Waals surface area contributed by atoms with E-state index in [2.05, 4.69) is 22.3 Å². The molecular weight excluding hydrogens is 336 g/mol. The number of para-hydroxylation sites is 1. The summed E-state index contributed by atoms with van der Waals surface area (Å²) in [6, 6.07) is 13.0. The van der Waals surface area contributed by atoms with Crippen LogP contribution in [0.5, 0.6) is 0 Å². The lowest BCUT2D eigenvalue weighted by molar-refractivity contribution is -0.132. The molecule has 0 aliphatic carbocycles. The zero-order valence-corrected chi connectivity index (χ0v) is 14.7. The summed E-state index contributed by atoms with van der Waals surface area (Å²) < 4.78 is 0. The number of thiophene rings is 1. The monoisotopic (exact) mass is 358 g/mol. The molecule has 6 nitrogen and oxygen atoms in total. The molecule has 0 saturated carbocycles. The standard InChI is InChI=1S/C18H22N4O2S/c19-18(24)20-15(16-7-4-12-25-16)13-17(23)22-10-8-21(9-11-22)14-5-2-1-3-6-14/h1-7,12,15H,8-11,13H2,(H3,19,20,24)/t15-/m0/s1. The molecule has 2 heterocycles. The van der Waals surface area contributed by atoms with Gasteiger partial charge in [-0.05, 0) is 23.6 Å². The number of anilines is 1. The molecule has 3 N–H and O–H groups in total. The molecule has 0 bridgehead atoms. The summed E-state index contributed by atoms with van der Waals surface area (Å²) >= 11 is 1.51. The van der Waals surface area contributed by atoms with Gasteiger partial charge in [0, 0.05) is 36.7 Å². The lowest BCUT2D eigenvalue weighted by Gasteiger charge is -2.36. The number of carbonyl (C=O) groups excluding carboxylic acids is 2. The lowest BCUT2D eigenvalue weighted by Crippen LogP contribution is -2.49. The van der Waals surface area contributed by atoms with Crippen molar-refractivity contribution in [3.8, 4) is 0 Å². The first-order valence-corrected chi connectivity index (χ1v) is 9.18. The van der Waals surface area contributed by atoms with E-state index in [0.29, 0.717) is 13.1 Å². The van der Waals surface area contributed by atoms with Gasteiger partial charge in [0.2, 0.25) is 5.91 Å². The highest BCUT2D eigenvalue weighted by Crippen LogP contribution is 2.23. The van der Waals surface area contributed by atoms with Gasteiger partial charge in [0.1, 0.15) is 0 Å². The van der Waals surface area contributed by atoms with Crippen molar-refractivity contribution in [3.05, 3.63) is 52.7 Å². The second-order valence-electron chi connectivity index (χ2n) is 5.98. The molecule has 1 saturated heterocycles. The summed E-state index contributed by atoms with van der Waals surface area (Å²) in [5.74, 6) is 0.0415. The predicted molar refractivity (Wildman–Crippen MR) is 99.6 cm³/mol. The van der Waals surface area contributed by atoms with E-state index in [1.807, 2.05) is 40.6 Å². The maximum Gasteiger partial charge on any atom is 0.312 e. The maximum absolute atomic E-state index is 12.6. The van der Waals surface area contributed by atoms with E-state index in [1.54, 1.807) is 0 Å². The average molecular weight is 358 g/mol. The van der Waals surface area contributed by atoms with Crippen LogP contribution in [0.15, 0.2) is 47.8 Å². The molecule has 3 amide bonds. The van der Waals surface area contributed by atoms with Crippen LogP contribution in [0.3, 0.4) is 0 Å². The quantitative estimate of drug-likeness (QED) is 0.860. The number of rotatable bonds is 5. The molecule has 1 aromatic carbocycles. The second-order valence-corrected chi connectivity index (χ2v) is 6.96. The molecule has 7 heteroatoms. The van der Waals surface area contributed by atoms with Crippen LogP contribution in [0.2, 0.25) is 0 Å². The van der Waals surface area contributed by atoms with Gasteiger partial charge in [-0.25, -0.2) is 4.79 Å². The van der Waals surface area contributed by atoms with Crippen LogP contribution >= 0.6 is 11.3 Å². The first-order chi connectivity index (χ1) is 12.1. The Labute approximate surface area is 151 Å². The second kappa shape index (κ2) is 8.02. The summed E-state index contributed by atoms with van der Waals surface area (Å²) in [6.45, 7) is 2.98. The van der Waals surface area contributed by atoms with Gasteiger partial charge in [0.15, 0.2) is 0 Å². The van der Waals surface area contributed by atoms with Crippen molar-refractivity contribution in [1.29, 1.82) is 0 Å². The fourth-order valence-corrected chi connectivity index (χ4v) is 3.82. The van der Waals surface area contributed by atoms with E-state index in [0.717, 1.165) is 18.0 Å². The number of primary amides is 1. The number of hydrogen-bond donors (Lipinski definition) is 2. The largest absolute Gasteiger partial charge is 0.368 e. The van der Waals surface area contributed by atoms with Gasteiger partial charge >= 0.3 is 6.03 Å². The molecule has 1 aliphatic rings. The summed E-state index contributed by atoms with van der Waals surface area (Å²) in [4.78, 5) is 29.0. The SMILES string of the molecule is NC(=O)N[C@@H](CC(=O)N1CCN(c2ccccc2)CC1)c1cccs1. The number of urea groups is 1. The van der Waals surface area contributed by atoms with Gasteiger partial charge in [-0.3, -0.25) is 4.79 Å². The maximum atomic E-state index is 12.6. The fraction of sp³-hybridized carbons (Fsp3) is 0.333. The van der Waals surface area contributed by atoms with Crippen LogP contribution in [0.4, 0.5) is 10.5 Å². The first-order valence-electron chi connectivity index (χ1n) is 8.30. The van der Waals surface area contributed by atoms with Gasteiger partial charge in [0.05, 0.1) is 12.5 Å². The van der Waals surface area contributed by atoms with E-state index in [4.69, 9.17) is 5.73 Å². The lowest BCUT2D eigenvalue weighted by atomic mass is 10.1. The molecule has 25 heavy (non-hydrogen) atoms. The Morgan fingerprint density at radius 3 is 2.40 bits per heavy atom. The minimum Gasteiger partial charge on any atom is -0.368 e. The summed E-state index contributed by atoms with van der Waals surface area (Å²) in [5, 5.41) is 4.60. The molecule has 0 radical (unpaired) electrons. The van der Waals surface area contributed by atoms with E-state index >= 15 is 0 Å². The number of amides is 3. The van der Waals surface area contributed by atoms with Gasteiger partial charge in [0.25, 0.3) is 0 Å². The highest BCUT2D eigenvalue weighted by molar-refractivity contribution is 7.10. The molecule has 3 rings (SSSR count). The molecule has 1 aromatic heterocycles. The average Bonchev–Trinajstić information content (AvgIpc) is 3.16. The molecule has 1 aliphatic heterocycles.